The summed E-state index contributed by atoms with van der Waals surface area (Å²) in [6.07, 6.45) is 1.59. The minimum absolute atomic E-state index is 0.274. The van der Waals surface area contributed by atoms with Gasteiger partial charge in [0.05, 0.1) is 0 Å². The molecule has 0 amide bonds. The Kier molecular flexibility index (Phi) is 2.83. The Hall–Kier alpha value is -0.630. The number of carbonyl (C=O) groups excluding carboxylic acids is 1. The summed E-state index contributed by atoms with van der Waals surface area (Å²) in [5.74, 6) is 0.274. The lowest BCUT2D eigenvalue weighted by Gasteiger charge is -1.95. The van der Waals surface area contributed by atoms with Gasteiger partial charge in [-0.15, -0.1) is 11.3 Å². The van der Waals surface area contributed by atoms with E-state index < -0.39 is 0 Å². The van der Waals surface area contributed by atoms with Crippen molar-refractivity contribution >= 4 is 17.1 Å². The Bertz CT molecular complexity index is 250. The second-order valence-electron chi connectivity index (χ2n) is 2.70. The molecule has 0 aliphatic carbocycles. The second-order valence-corrected chi connectivity index (χ2v) is 3.82. The molecule has 60 valence electrons. The minimum atomic E-state index is 0.274. The van der Waals surface area contributed by atoms with Gasteiger partial charge in [0, 0.05) is 11.3 Å². The topological polar surface area (TPSA) is 17.1 Å². The van der Waals surface area contributed by atoms with Crippen LogP contribution in [0.1, 0.15) is 23.8 Å². The van der Waals surface area contributed by atoms with Crippen LogP contribution in [0.4, 0.5) is 0 Å². The summed E-state index contributed by atoms with van der Waals surface area (Å²) in [6, 6.07) is 2.10. The number of carbonyl (C=O) groups is 1. The highest BCUT2D eigenvalue weighted by molar-refractivity contribution is 7.10. The smallest absolute Gasteiger partial charge is 0.130 e. The first kappa shape index (κ1) is 8.47. The van der Waals surface area contributed by atoms with Gasteiger partial charge in [-0.2, -0.15) is 0 Å². The van der Waals surface area contributed by atoms with E-state index in [1.54, 1.807) is 18.3 Å². The van der Waals surface area contributed by atoms with Crippen molar-refractivity contribution in [3.05, 3.63) is 21.9 Å². The van der Waals surface area contributed by atoms with E-state index in [2.05, 4.69) is 18.4 Å². The molecular formula is C9H12OS. The van der Waals surface area contributed by atoms with Crippen LogP contribution in [0, 0.1) is 6.92 Å². The average molecular weight is 168 g/mol. The highest BCUT2D eigenvalue weighted by Crippen LogP contribution is 2.16. The molecule has 0 atom stereocenters. The molecule has 0 unspecified atom stereocenters. The quantitative estimate of drug-likeness (QED) is 0.678. The molecule has 0 N–H and O–H groups in total. The zero-order valence-electron chi connectivity index (χ0n) is 6.89. The van der Waals surface area contributed by atoms with E-state index in [0.29, 0.717) is 6.42 Å². The van der Waals surface area contributed by atoms with Crippen molar-refractivity contribution in [1.29, 1.82) is 0 Å². The number of ketones is 1. The lowest BCUT2D eigenvalue weighted by Crippen LogP contribution is -1.93. The SMILES string of the molecule is CC(=O)CCc1ccsc1C. The lowest BCUT2D eigenvalue weighted by atomic mass is 10.1. The molecule has 0 spiro atoms. The van der Waals surface area contributed by atoms with E-state index in [0.717, 1.165) is 6.42 Å². The van der Waals surface area contributed by atoms with E-state index in [1.165, 1.54) is 10.4 Å². The van der Waals surface area contributed by atoms with Gasteiger partial charge in [0.2, 0.25) is 0 Å². The molecule has 0 saturated carbocycles. The molecule has 0 aromatic carbocycles. The molecule has 11 heavy (non-hydrogen) atoms. The third-order valence-corrected chi connectivity index (χ3v) is 2.60. The molecule has 1 aromatic heterocycles. The molecular weight excluding hydrogens is 156 g/mol. The maximum absolute atomic E-state index is 10.7. The van der Waals surface area contributed by atoms with Gasteiger partial charge in [-0.3, -0.25) is 0 Å². The van der Waals surface area contributed by atoms with Crippen molar-refractivity contribution in [3.63, 3.8) is 0 Å². The Morgan fingerprint density at radius 1 is 1.64 bits per heavy atom. The molecule has 0 saturated heterocycles. The normalized spacial score (nSPS) is 10.0. The predicted molar refractivity (Wildman–Crippen MR) is 48.1 cm³/mol. The fourth-order valence-corrected chi connectivity index (χ4v) is 1.74. The monoisotopic (exact) mass is 168 g/mol. The lowest BCUT2D eigenvalue weighted by molar-refractivity contribution is -0.116. The van der Waals surface area contributed by atoms with E-state index >= 15 is 0 Å². The maximum Gasteiger partial charge on any atom is 0.130 e. The highest BCUT2D eigenvalue weighted by atomic mass is 32.1. The van der Waals surface area contributed by atoms with Crippen molar-refractivity contribution < 1.29 is 4.79 Å². The molecule has 0 radical (unpaired) electrons. The summed E-state index contributed by atoms with van der Waals surface area (Å²) in [5, 5.41) is 2.07. The van der Waals surface area contributed by atoms with Gasteiger partial charge in [-0.05, 0) is 37.3 Å². The molecule has 1 rings (SSSR count). The third kappa shape index (κ3) is 2.46. The van der Waals surface area contributed by atoms with Gasteiger partial charge >= 0.3 is 0 Å². The molecule has 1 heterocycles. The standard InChI is InChI=1S/C9H12OS/c1-7(10)3-4-9-5-6-11-8(9)2/h5-6H,3-4H2,1-2H3. The van der Waals surface area contributed by atoms with Crippen molar-refractivity contribution in [1.82, 2.24) is 0 Å². The fraction of sp³-hybridized carbons (Fsp3) is 0.444. The van der Waals surface area contributed by atoms with Crippen LogP contribution in [0.15, 0.2) is 11.4 Å². The van der Waals surface area contributed by atoms with E-state index in [9.17, 15) is 4.79 Å². The van der Waals surface area contributed by atoms with Crippen molar-refractivity contribution in [2.45, 2.75) is 26.7 Å². The van der Waals surface area contributed by atoms with Crippen LogP contribution < -0.4 is 0 Å². The van der Waals surface area contributed by atoms with Crippen LogP contribution in [-0.2, 0) is 11.2 Å². The van der Waals surface area contributed by atoms with Gasteiger partial charge in [0.1, 0.15) is 5.78 Å². The highest BCUT2D eigenvalue weighted by Gasteiger charge is 2.00. The average Bonchev–Trinajstić information content (AvgIpc) is 2.31. The van der Waals surface area contributed by atoms with Gasteiger partial charge in [-0.1, -0.05) is 0 Å². The first-order valence-electron chi connectivity index (χ1n) is 3.72. The van der Waals surface area contributed by atoms with Crippen LogP contribution in [-0.4, -0.2) is 5.78 Å². The first-order valence-corrected chi connectivity index (χ1v) is 4.60. The number of thiophene rings is 1. The molecule has 1 aromatic rings. The van der Waals surface area contributed by atoms with Gasteiger partial charge < -0.3 is 4.79 Å². The minimum Gasteiger partial charge on any atom is -0.300 e. The van der Waals surface area contributed by atoms with E-state index in [4.69, 9.17) is 0 Å². The summed E-state index contributed by atoms with van der Waals surface area (Å²) in [7, 11) is 0. The molecule has 0 bridgehead atoms. The zero-order valence-corrected chi connectivity index (χ0v) is 7.70. The second kappa shape index (κ2) is 3.67. The summed E-state index contributed by atoms with van der Waals surface area (Å²) < 4.78 is 0. The molecule has 0 fully saturated rings. The number of Topliss-reactive ketones (excluding diaryl/α,β-unsaturated/α-hetero) is 1. The van der Waals surface area contributed by atoms with Crippen molar-refractivity contribution in [3.8, 4) is 0 Å². The van der Waals surface area contributed by atoms with E-state index in [-0.39, 0.29) is 5.78 Å². The number of rotatable bonds is 3. The fourth-order valence-electron chi connectivity index (χ4n) is 0.981. The third-order valence-electron chi connectivity index (χ3n) is 1.71. The first-order chi connectivity index (χ1) is 5.20. The van der Waals surface area contributed by atoms with Gasteiger partial charge in [0.15, 0.2) is 0 Å². The van der Waals surface area contributed by atoms with Crippen LogP contribution in [0.2, 0.25) is 0 Å². The number of hydrogen-bond acceptors (Lipinski definition) is 2. The molecule has 0 aliphatic heterocycles. The summed E-state index contributed by atoms with van der Waals surface area (Å²) in [6.45, 7) is 3.74. The van der Waals surface area contributed by atoms with Crippen LogP contribution >= 0.6 is 11.3 Å². The van der Waals surface area contributed by atoms with E-state index in [1.807, 2.05) is 0 Å². The number of hydrogen-bond donors (Lipinski definition) is 0. The van der Waals surface area contributed by atoms with Gasteiger partial charge in [0.25, 0.3) is 0 Å². The number of aryl methyl sites for hydroxylation is 2. The maximum atomic E-state index is 10.7. The van der Waals surface area contributed by atoms with Crippen LogP contribution in [0.25, 0.3) is 0 Å². The Morgan fingerprint density at radius 3 is 2.82 bits per heavy atom. The Morgan fingerprint density at radius 2 is 2.36 bits per heavy atom. The predicted octanol–water partition coefficient (Wildman–Crippen LogP) is 2.58. The summed E-state index contributed by atoms with van der Waals surface area (Å²) >= 11 is 1.74. The summed E-state index contributed by atoms with van der Waals surface area (Å²) in [4.78, 5) is 12.0. The van der Waals surface area contributed by atoms with Crippen LogP contribution in [0.3, 0.4) is 0 Å². The zero-order chi connectivity index (χ0) is 8.27. The Balaban J connectivity index is 2.51. The van der Waals surface area contributed by atoms with Crippen molar-refractivity contribution in [2.24, 2.45) is 0 Å². The molecule has 1 nitrogen and oxygen atoms in total. The largest absolute Gasteiger partial charge is 0.300 e. The van der Waals surface area contributed by atoms with Crippen molar-refractivity contribution in [2.75, 3.05) is 0 Å². The molecule has 0 aliphatic rings. The van der Waals surface area contributed by atoms with Gasteiger partial charge in [-0.25, -0.2) is 0 Å². The Labute approximate surface area is 71.1 Å². The van der Waals surface area contributed by atoms with Crippen LogP contribution in [0.5, 0.6) is 0 Å². The summed E-state index contributed by atoms with van der Waals surface area (Å²) in [5.41, 5.74) is 1.32. The molecule has 2 heteroatoms.